The summed E-state index contributed by atoms with van der Waals surface area (Å²) in [4.78, 5) is 26.1. The lowest BCUT2D eigenvalue weighted by Gasteiger charge is -2.32. The summed E-state index contributed by atoms with van der Waals surface area (Å²) < 4.78 is 5.34. The van der Waals surface area contributed by atoms with E-state index < -0.39 is 0 Å². The number of thiazole rings is 1. The van der Waals surface area contributed by atoms with E-state index in [0.717, 1.165) is 43.9 Å². The number of hydrogen-bond donors (Lipinski definition) is 0. The fraction of sp³-hybridized carbons (Fsp3) is 0.526. The Morgan fingerprint density at radius 3 is 2.96 bits per heavy atom. The molecule has 0 aliphatic carbocycles. The minimum atomic E-state index is 0.0188. The number of pyridine rings is 1. The Hall–Kier alpha value is -1.83. The van der Waals surface area contributed by atoms with Gasteiger partial charge in [0.15, 0.2) is 0 Å². The Bertz CT molecular complexity index is 731. The van der Waals surface area contributed by atoms with E-state index in [1.807, 2.05) is 22.5 Å². The van der Waals surface area contributed by atoms with Crippen LogP contribution in [0.4, 0.5) is 0 Å². The number of morpholine rings is 1. The van der Waals surface area contributed by atoms with Gasteiger partial charge in [0.1, 0.15) is 5.69 Å². The summed E-state index contributed by atoms with van der Waals surface area (Å²) in [7, 11) is 0. The van der Waals surface area contributed by atoms with Crippen LogP contribution in [0.5, 0.6) is 0 Å². The van der Waals surface area contributed by atoms with Gasteiger partial charge >= 0.3 is 0 Å². The average Bonchev–Trinajstić information content (AvgIpc) is 3.21. The number of carbonyl (C=O) groups excluding carboxylic acids is 1. The molecular weight excluding hydrogens is 348 g/mol. The SMILES string of the molecule is O=C(c1cccc(C2CCCN(Cc3cscn3)C2)n1)N1CCOCC1. The second kappa shape index (κ2) is 8.24. The van der Waals surface area contributed by atoms with Gasteiger partial charge in [0.2, 0.25) is 0 Å². The predicted molar refractivity (Wildman–Crippen MR) is 100 cm³/mol. The number of ether oxygens (including phenoxy) is 1. The second-order valence-electron chi connectivity index (χ2n) is 6.91. The fourth-order valence-electron chi connectivity index (χ4n) is 3.71. The van der Waals surface area contributed by atoms with Gasteiger partial charge in [-0.25, -0.2) is 9.97 Å². The molecule has 2 fully saturated rings. The summed E-state index contributed by atoms with van der Waals surface area (Å²) in [6, 6.07) is 5.86. The van der Waals surface area contributed by atoms with Crippen molar-refractivity contribution in [2.75, 3.05) is 39.4 Å². The average molecular weight is 372 g/mol. The maximum absolute atomic E-state index is 12.7. The highest BCUT2D eigenvalue weighted by Gasteiger charge is 2.25. The standard InChI is InChI=1S/C19H24N4O2S/c24-19(23-7-9-25-10-8-23)18-5-1-4-17(21-18)15-3-2-6-22(11-15)12-16-13-26-14-20-16/h1,4-5,13-15H,2-3,6-12H2. The molecular formula is C19H24N4O2S. The first kappa shape index (κ1) is 17.6. The van der Waals surface area contributed by atoms with Gasteiger partial charge in [-0.15, -0.1) is 11.3 Å². The Kier molecular flexibility index (Phi) is 5.57. The van der Waals surface area contributed by atoms with Gasteiger partial charge in [0.05, 0.1) is 24.4 Å². The molecule has 0 bridgehead atoms. The molecule has 2 aromatic heterocycles. The molecule has 7 heteroatoms. The molecule has 138 valence electrons. The van der Waals surface area contributed by atoms with Crippen molar-refractivity contribution in [3.8, 4) is 0 Å². The highest BCUT2D eigenvalue weighted by Crippen LogP contribution is 2.27. The van der Waals surface area contributed by atoms with E-state index >= 15 is 0 Å². The lowest BCUT2D eigenvalue weighted by Crippen LogP contribution is -2.41. The van der Waals surface area contributed by atoms with E-state index in [1.165, 1.54) is 0 Å². The molecule has 4 heterocycles. The molecule has 6 nitrogen and oxygen atoms in total. The van der Waals surface area contributed by atoms with E-state index in [0.29, 0.717) is 37.9 Å². The van der Waals surface area contributed by atoms with Crippen LogP contribution in [-0.4, -0.2) is 65.1 Å². The molecule has 2 aliphatic heterocycles. The molecule has 2 aromatic rings. The summed E-state index contributed by atoms with van der Waals surface area (Å²) in [5.74, 6) is 0.394. The number of aromatic nitrogens is 2. The molecule has 0 N–H and O–H groups in total. The first-order chi connectivity index (χ1) is 12.8. The Labute approximate surface area is 157 Å². The Morgan fingerprint density at radius 2 is 2.15 bits per heavy atom. The lowest BCUT2D eigenvalue weighted by atomic mass is 9.94. The smallest absolute Gasteiger partial charge is 0.272 e. The largest absolute Gasteiger partial charge is 0.378 e. The van der Waals surface area contributed by atoms with Crippen molar-refractivity contribution in [1.82, 2.24) is 19.8 Å². The van der Waals surface area contributed by atoms with Crippen LogP contribution < -0.4 is 0 Å². The summed E-state index contributed by atoms with van der Waals surface area (Å²) in [5, 5.41) is 2.11. The third-order valence-corrected chi connectivity index (χ3v) is 5.72. The third-order valence-electron chi connectivity index (χ3n) is 5.08. The van der Waals surface area contributed by atoms with Gasteiger partial charge in [0, 0.05) is 43.2 Å². The summed E-state index contributed by atoms with van der Waals surface area (Å²) in [6.45, 7) is 5.48. The topological polar surface area (TPSA) is 58.6 Å². The Balaban J connectivity index is 1.44. The molecule has 0 radical (unpaired) electrons. The second-order valence-corrected chi connectivity index (χ2v) is 7.62. The van der Waals surface area contributed by atoms with Crippen molar-refractivity contribution < 1.29 is 9.53 Å². The van der Waals surface area contributed by atoms with Crippen molar-refractivity contribution in [3.05, 3.63) is 46.2 Å². The number of carbonyl (C=O) groups is 1. The number of nitrogens with zero attached hydrogens (tertiary/aromatic N) is 4. The number of rotatable bonds is 4. The normalized spacial score (nSPS) is 21.7. The maximum Gasteiger partial charge on any atom is 0.272 e. The van der Waals surface area contributed by atoms with Gasteiger partial charge in [-0.1, -0.05) is 6.07 Å². The van der Waals surface area contributed by atoms with E-state index in [1.54, 1.807) is 11.3 Å². The highest BCUT2D eigenvalue weighted by molar-refractivity contribution is 7.07. The molecule has 26 heavy (non-hydrogen) atoms. The molecule has 1 atom stereocenters. The zero-order valence-electron chi connectivity index (χ0n) is 14.8. The van der Waals surface area contributed by atoms with Crippen LogP contribution in [0.2, 0.25) is 0 Å². The van der Waals surface area contributed by atoms with E-state index in [-0.39, 0.29) is 5.91 Å². The van der Waals surface area contributed by atoms with Gasteiger partial charge < -0.3 is 9.64 Å². The lowest BCUT2D eigenvalue weighted by molar-refractivity contribution is 0.0298. The molecule has 1 unspecified atom stereocenters. The van der Waals surface area contributed by atoms with Crippen molar-refractivity contribution in [2.24, 2.45) is 0 Å². The monoisotopic (exact) mass is 372 g/mol. The Morgan fingerprint density at radius 1 is 1.27 bits per heavy atom. The van der Waals surface area contributed by atoms with Crippen molar-refractivity contribution >= 4 is 17.2 Å². The van der Waals surface area contributed by atoms with E-state index in [2.05, 4.69) is 21.3 Å². The molecule has 0 aromatic carbocycles. The van der Waals surface area contributed by atoms with Crippen LogP contribution in [0.15, 0.2) is 29.1 Å². The van der Waals surface area contributed by atoms with Crippen LogP contribution in [0.25, 0.3) is 0 Å². The van der Waals surface area contributed by atoms with E-state index in [9.17, 15) is 4.79 Å². The van der Waals surface area contributed by atoms with Gasteiger partial charge in [-0.05, 0) is 31.5 Å². The van der Waals surface area contributed by atoms with Crippen LogP contribution in [-0.2, 0) is 11.3 Å². The molecule has 0 spiro atoms. The quantitative estimate of drug-likeness (QED) is 0.825. The van der Waals surface area contributed by atoms with Crippen LogP contribution >= 0.6 is 11.3 Å². The van der Waals surface area contributed by atoms with Crippen molar-refractivity contribution in [1.29, 1.82) is 0 Å². The number of amides is 1. The molecule has 4 rings (SSSR count). The minimum Gasteiger partial charge on any atom is -0.378 e. The predicted octanol–water partition coefficient (Wildman–Crippen LogP) is 2.39. The molecule has 0 saturated carbocycles. The molecule has 2 aliphatic rings. The first-order valence-electron chi connectivity index (χ1n) is 9.23. The van der Waals surface area contributed by atoms with E-state index in [4.69, 9.17) is 9.72 Å². The zero-order valence-corrected chi connectivity index (χ0v) is 15.7. The van der Waals surface area contributed by atoms with Crippen LogP contribution in [0, 0.1) is 0 Å². The summed E-state index contributed by atoms with van der Waals surface area (Å²) in [6.07, 6.45) is 2.27. The fourth-order valence-corrected chi connectivity index (χ4v) is 4.26. The maximum atomic E-state index is 12.7. The van der Waals surface area contributed by atoms with Crippen molar-refractivity contribution in [3.63, 3.8) is 0 Å². The minimum absolute atomic E-state index is 0.0188. The molecule has 1 amide bonds. The summed E-state index contributed by atoms with van der Waals surface area (Å²) >= 11 is 1.64. The van der Waals surface area contributed by atoms with Crippen LogP contribution in [0.1, 0.15) is 40.6 Å². The number of hydrogen-bond acceptors (Lipinski definition) is 6. The van der Waals surface area contributed by atoms with Crippen LogP contribution in [0.3, 0.4) is 0 Å². The number of likely N-dealkylation sites (tertiary alicyclic amines) is 1. The van der Waals surface area contributed by atoms with Gasteiger partial charge in [-0.3, -0.25) is 9.69 Å². The van der Waals surface area contributed by atoms with Gasteiger partial charge in [-0.2, -0.15) is 0 Å². The molecule has 2 saturated heterocycles. The summed E-state index contributed by atoms with van der Waals surface area (Å²) in [5.41, 5.74) is 4.62. The highest BCUT2D eigenvalue weighted by atomic mass is 32.1. The third kappa shape index (κ3) is 4.11. The first-order valence-corrected chi connectivity index (χ1v) is 10.2. The van der Waals surface area contributed by atoms with Crippen molar-refractivity contribution in [2.45, 2.75) is 25.3 Å². The van der Waals surface area contributed by atoms with Gasteiger partial charge in [0.25, 0.3) is 5.91 Å². The number of piperidine rings is 1. The zero-order chi connectivity index (χ0) is 17.8.